The van der Waals surface area contributed by atoms with E-state index in [1.54, 1.807) is 0 Å². The molecule has 144 valence electrons. The van der Waals surface area contributed by atoms with E-state index in [9.17, 15) is 49.0 Å². The van der Waals surface area contributed by atoms with Crippen LogP contribution in [0.25, 0.3) is 0 Å². The second-order valence-corrected chi connectivity index (χ2v) is 7.42. The van der Waals surface area contributed by atoms with E-state index in [4.69, 9.17) is 0 Å². The minimum atomic E-state index is -2.64. The molecule has 0 amide bonds. The minimum absolute atomic E-state index is 0.186. The van der Waals surface area contributed by atoms with E-state index in [-0.39, 0.29) is 15.3 Å². The zero-order valence-electron chi connectivity index (χ0n) is 13.6. The molecule has 1 heterocycles. The summed E-state index contributed by atoms with van der Waals surface area (Å²) < 4.78 is 12.9. The number of benzene rings is 1. The maximum absolute atomic E-state index is 12.9. The number of aliphatic carboxylic acids is 2. The summed E-state index contributed by atoms with van der Waals surface area (Å²) in [5.74, 6) is -8.60. The van der Waals surface area contributed by atoms with Gasteiger partial charge >= 0.3 is 23.9 Å². The smallest absolute Gasteiger partial charge is 0.336 e. The number of aromatic carboxylic acids is 2. The van der Waals surface area contributed by atoms with E-state index >= 15 is 0 Å². The van der Waals surface area contributed by atoms with Crippen LogP contribution in [-0.2, 0) is 20.4 Å². The lowest BCUT2D eigenvalue weighted by Gasteiger charge is -2.27. The Morgan fingerprint density at radius 1 is 0.857 bits per heavy atom. The summed E-state index contributed by atoms with van der Waals surface area (Å²) in [4.78, 5) is 57.7. The van der Waals surface area contributed by atoms with Gasteiger partial charge in [0.1, 0.15) is 15.7 Å². The molecule has 4 N–H and O–H groups in total. The predicted molar refractivity (Wildman–Crippen MR) is 92.4 cm³/mol. The Morgan fingerprint density at radius 2 is 1.39 bits per heavy atom. The number of thiol groups is 1. The summed E-state index contributed by atoms with van der Waals surface area (Å²) >= 11 is 0. The van der Waals surface area contributed by atoms with Crippen LogP contribution in [-0.4, -0.2) is 59.5 Å². The molecule has 1 aliphatic heterocycles. The highest BCUT2D eigenvalue weighted by Crippen LogP contribution is 2.34. The molecule has 0 spiro atoms. The maximum atomic E-state index is 12.9. The zero-order valence-corrected chi connectivity index (χ0v) is 14.5. The van der Waals surface area contributed by atoms with Crippen molar-refractivity contribution >= 4 is 45.3 Å². The van der Waals surface area contributed by atoms with Gasteiger partial charge in [-0.15, -0.1) is 10.8 Å². The lowest BCUT2D eigenvalue weighted by Crippen LogP contribution is -2.35. The van der Waals surface area contributed by atoms with E-state index in [0.717, 1.165) is 24.3 Å². The zero-order chi connectivity index (χ0) is 20.9. The molecule has 10 nitrogen and oxygen atoms in total. The van der Waals surface area contributed by atoms with Gasteiger partial charge in [-0.25, -0.2) is 19.2 Å². The van der Waals surface area contributed by atoms with Gasteiger partial charge in [0.05, 0.1) is 27.8 Å². The fourth-order valence-corrected chi connectivity index (χ4v) is 4.64. The first-order valence-corrected chi connectivity index (χ1v) is 8.74. The molecular weight excluding hydrogens is 396 g/mol. The molecule has 2 unspecified atom stereocenters. The Kier molecular flexibility index (Phi) is 4.49. The number of carbonyl (C=O) groups is 5. The standard InChI is InChI=1S/C17H10O10S/c18-13-9-1-5(14(19)20)7(16(23)24)3-11(9)28(27)12-4-8(17(25)26)6(15(21)22)2-10(12)13/h1-4,9,28H,(H4-,19,20,21,22,23,24,25,26,27). The lowest BCUT2D eigenvalue weighted by molar-refractivity contribution is -0.136. The van der Waals surface area contributed by atoms with Gasteiger partial charge in [-0.2, -0.15) is 0 Å². The highest BCUT2D eigenvalue weighted by molar-refractivity contribution is 7.91. The average molecular weight is 406 g/mol. The summed E-state index contributed by atoms with van der Waals surface area (Å²) in [7, 11) is -2.64. The molecule has 1 aliphatic carbocycles. The van der Waals surface area contributed by atoms with Crippen molar-refractivity contribution in [3.05, 3.63) is 52.1 Å². The fraction of sp³-hybridized carbons (Fsp3) is 0.0588. The molecule has 28 heavy (non-hydrogen) atoms. The van der Waals surface area contributed by atoms with Gasteiger partial charge in [0.25, 0.3) is 0 Å². The molecule has 1 aromatic carbocycles. The largest absolute Gasteiger partial charge is 0.646 e. The van der Waals surface area contributed by atoms with Crippen LogP contribution in [0.3, 0.4) is 0 Å². The molecule has 11 heteroatoms. The molecule has 0 aromatic heterocycles. The molecule has 0 radical (unpaired) electrons. The molecule has 0 fully saturated rings. The van der Waals surface area contributed by atoms with Crippen molar-refractivity contribution in [3.8, 4) is 0 Å². The monoisotopic (exact) mass is 406 g/mol. The Hall–Kier alpha value is -3.57. The summed E-state index contributed by atoms with van der Waals surface area (Å²) in [5, 5.41) is 36.8. The van der Waals surface area contributed by atoms with Crippen LogP contribution < -0.4 is 0 Å². The third-order valence-corrected chi connectivity index (χ3v) is 5.98. The first-order chi connectivity index (χ1) is 13.0. The van der Waals surface area contributed by atoms with Crippen LogP contribution in [0, 0.1) is 5.92 Å². The molecule has 2 atom stereocenters. The quantitative estimate of drug-likeness (QED) is 0.299. The van der Waals surface area contributed by atoms with Crippen molar-refractivity contribution in [2.45, 2.75) is 4.90 Å². The fourth-order valence-electron chi connectivity index (χ4n) is 3.03. The van der Waals surface area contributed by atoms with Crippen molar-refractivity contribution in [2.24, 2.45) is 5.92 Å². The van der Waals surface area contributed by atoms with Crippen molar-refractivity contribution in [1.82, 2.24) is 0 Å². The maximum Gasteiger partial charge on any atom is 0.336 e. The first kappa shape index (κ1) is 19.2. The highest BCUT2D eigenvalue weighted by Gasteiger charge is 2.40. The molecule has 0 saturated heterocycles. The van der Waals surface area contributed by atoms with Crippen LogP contribution in [0.2, 0.25) is 0 Å². The van der Waals surface area contributed by atoms with Crippen LogP contribution in [0.4, 0.5) is 0 Å². The lowest BCUT2D eigenvalue weighted by atomic mass is 9.84. The summed E-state index contributed by atoms with van der Waals surface area (Å²) in [6.45, 7) is 0. The van der Waals surface area contributed by atoms with Crippen LogP contribution in [0.15, 0.2) is 40.3 Å². The van der Waals surface area contributed by atoms with Gasteiger partial charge in [0, 0.05) is 12.1 Å². The Balaban J connectivity index is 2.34. The number of rotatable bonds is 4. The second kappa shape index (κ2) is 6.55. The van der Waals surface area contributed by atoms with Crippen LogP contribution in [0.1, 0.15) is 31.1 Å². The van der Waals surface area contributed by atoms with Gasteiger partial charge < -0.3 is 25.0 Å². The molecule has 0 bridgehead atoms. The van der Waals surface area contributed by atoms with E-state index in [1.807, 2.05) is 0 Å². The summed E-state index contributed by atoms with van der Waals surface area (Å²) in [6, 6.07) is 1.60. The van der Waals surface area contributed by atoms with E-state index < -0.39 is 68.6 Å². The summed E-state index contributed by atoms with van der Waals surface area (Å²) in [6.07, 6.45) is 1.69. The second-order valence-electron chi connectivity index (χ2n) is 5.84. The number of fused-ring (bicyclic) bond motifs is 2. The molecule has 0 saturated carbocycles. The number of carbonyl (C=O) groups excluding carboxylic acids is 1. The van der Waals surface area contributed by atoms with Crippen LogP contribution in [0.5, 0.6) is 0 Å². The van der Waals surface area contributed by atoms with E-state index in [1.165, 1.54) is 0 Å². The van der Waals surface area contributed by atoms with Crippen molar-refractivity contribution in [3.63, 3.8) is 0 Å². The number of hydrogen-bond acceptors (Lipinski definition) is 6. The van der Waals surface area contributed by atoms with Gasteiger partial charge in [-0.1, -0.05) is 0 Å². The SMILES string of the molecule is O=C(O)C1=CC2=[SH+]([O-])c3cc(C(=O)O)c(C(=O)O)cc3C(=O)C2C=C1C(=O)O. The normalized spacial score (nSPS) is 20.5. The van der Waals surface area contributed by atoms with Gasteiger partial charge in [-0.3, -0.25) is 4.79 Å². The van der Waals surface area contributed by atoms with E-state index in [2.05, 4.69) is 0 Å². The average Bonchev–Trinajstić information content (AvgIpc) is 2.63. The number of hydrogen-bond donors (Lipinski definition) is 4. The predicted octanol–water partition coefficient (Wildman–Crippen LogP) is -0.0566. The molecule has 3 rings (SSSR count). The third kappa shape index (κ3) is 2.82. The number of ketones is 1. The van der Waals surface area contributed by atoms with Crippen molar-refractivity contribution < 1.29 is 49.0 Å². The third-order valence-electron chi connectivity index (χ3n) is 4.29. The number of allylic oxidation sites excluding steroid dienone is 2. The molecule has 2 aliphatic rings. The van der Waals surface area contributed by atoms with E-state index in [0.29, 0.717) is 0 Å². The number of carboxylic acid groups (broad SMARTS) is 4. The Labute approximate surface area is 157 Å². The Bertz CT molecular complexity index is 1110. The van der Waals surface area contributed by atoms with Crippen molar-refractivity contribution in [1.29, 1.82) is 0 Å². The van der Waals surface area contributed by atoms with Gasteiger partial charge in [-0.05, 0) is 12.1 Å². The number of Topliss-reactive ketones (excluding diaryl/α,β-unsaturated/α-hetero) is 1. The van der Waals surface area contributed by atoms with Gasteiger partial charge in [0.2, 0.25) is 0 Å². The molecular formula is C17H10O10S. The highest BCUT2D eigenvalue weighted by atomic mass is 32.2. The minimum Gasteiger partial charge on any atom is -0.646 e. The summed E-state index contributed by atoms with van der Waals surface area (Å²) in [5.41, 5.74) is -3.01. The van der Waals surface area contributed by atoms with Crippen molar-refractivity contribution in [2.75, 3.05) is 0 Å². The Morgan fingerprint density at radius 3 is 1.89 bits per heavy atom. The number of carboxylic acids is 4. The molecule has 1 aromatic rings. The van der Waals surface area contributed by atoms with Gasteiger partial charge in [0.15, 0.2) is 5.78 Å². The first-order valence-electron chi connectivity index (χ1n) is 7.48. The van der Waals surface area contributed by atoms with Crippen LogP contribution >= 0.6 is 0 Å². The topological polar surface area (TPSA) is 189 Å².